The van der Waals surface area contributed by atoms with E-state index in [1.807, 2.05) is 0 Å². The molecule has 164 valence electrons. The van der Waals surface area contributed by atoms with E-state index in [1.54, 1.807) is 0 Å². The Kier molecular flexibility index (Phi) is 6.45. The molecule has 0 unspecified atom stereocenters. The van der Waals surface area contributed by atoms with Crippen LogP contribution in [0.25, 0.3) is 16.9 Å². The number of benzene rings is 3. The first-order valence-electron chi connectivity index (χ1n) is 11.5. The molecular weight excluding hydrogens is 390 g/mol. The van der Waals surface area contributed by atoms with E-state index >= 15 is 0 Å². The SMILES string of the molecule is CCCCc1nc(N(C)c2c(C)cc(C)cc2C)c(-c2ccccc2)n1-c1ccccc1. The quantitative estimate of drug-likeness (QED) is 0.305. The number of anilines is 2. The van der Waals surface area contributed by atoms with E-state index < -0.39 is 0 Å². The summed E-state index contributed by atoms with van der Waals surface area (Å²) in [7, 11) is 2.15. The van der Waals surface area contributed by atoms with E-state index in [0.717, 1.165) is 42.3 Å². The molecule has 4 aromatic rings. The summed E-state index contributed by atoms with van der Waals surface area (Å²) < 4.78 is 2.36. The normalized spacial score (nSPS) is 11.0. The summed E-state index contributed by atoms with van der Waals surface area (Å²) in [4.78, 5) is 7.55. The Bertz CT molecular complexity index is 1170. The summed E-state index contributed by atoms with van der Waals surface area (Å²) in [6, 6.07) is 25.8. The molecule has 0 aliphatic carbocycles. The molecule has 0 amide bonds. The molecule has 4 rings (SSSR count). The number of rotatable bonds is 7. The van der Waals surface area contributed by atoms with Gasteiger partial charge in [0.15, 0.2) is 5.82 Å². The van der Waals surface area contributed by atoms with Gasteiger partial charge in [0.05, 0.1) is 5.69 Å². The van der Waals surface area contributed by atoms with Crippen LogP contribution in [0.3, 0.4) is 0 Å². The Morgan fingerprint density at radius 3 is 2.03 bits per heavy atom. The van der Waals surface area contributed by atoms with Crippen molar-refractivity contribution >= 4 is 11.5 Å². The molecule has 1 heterocycles. The lowest BCUT2D eigenvalue weighted by atomic mass is 10.0. The van der Waals surface area contributed by atoms with Crippen molar-refractivity contribution in [2.24, 2.45) is 0 Å². The van der Waals surface area contributed by atoms with Crippen LogP contribution in [0.5, 0.6) is 0 Å². The van der Waals surface area contributed by atoms with Crippen LogP contribution in [0.2, 0.25) is 0 Å². The third kappa shape index (κ3) is 4.20. The molecular formula is C29H33N3. The highest BCUT2D eigenvalue weighted by Gasteiger charge is 2.24. The molecule has 0 bridgehead atoms. The summed E-state index contributed by atoms with van der Waals surface area (Å²) in [6.45, 7) is 8.78. The van der Waals surface area contributed by atoms with Gasteiger partial charge in [-0.2, -0.15) is 0 Å². The minimum absolute atomic E-state index is 0.949. The van der Waals surface area contributed by atoms with Crippen molar-refractivity contribution in [1.29, 1.82) is 0 Å². The van der Waals surface area contributed by atoms with E-state index in [4.69, 9.17) is 4.98 Å². The topological polar surface area (TPSA) is 21.1 Å². The highest BCUT2D eigenvalue weighted by atomic mass is 15.2. The van der Waals surface area contributed by atoms with Crippen molar-refractivity contribution in [3.63, 3.8) is 0 Å². The number of aromatic nitrogens is 2. The highest BCUT2D eigenvalue weighted by molar-refractivity contribution is 5.81. The number of nitrogens with zero attached hydrogens (tertiary/aromatic N) is 3. The molecule has 0 spiro atoms. The fourth-order valence-corrected chi connectivity index (χ4v) is 4.71. The molecule has 3 aromatic carbocycles. The van der Waals surface area contributed by atoms with Gasteiger partial charge in [0.2, 0.25) is 0 Å². The fraction of sp³-hybridized carbons (Fsp3) is 0.276. The highest BCUT2D eigenvalue weighted by Crippen LogP contribution is 2.39. The monoisotopic (exact) mass is 423 g/mol. The molecule has 0 saturated carbocycles. The molecule has 0 aliphatic heterocycles. The van der Waals surface area contributed by atoms with Crippen molar-refractivity contribution in [2.75, 3.05) is 11.9 Å². The van der Waals surface area contributed by atoms with Crippen LogP contribution in [0.15, 0.2) is 72.8 Å². The van der Waals surface area contributed by atoms with Crippen LogP contribution in [0.1, 0.15) is 42.3 Å². The Balaban J connectivity index is 1.99. The van der Waals surface area contributed by atoms with E-state index in [9.17, 15) is 0 Å². The smallest absolute Gasteiger partial charge is 0.159 e. The lowest BCUT2D eigenvalue weighted by molar-refractivity contribution is 0.740. The molecule has 3 heteroatoms. The lowest BCUT2D eigenvalue weighted by Gasteiger charge is -2.24. The Hall–Kier alpha value is -3.33. The summed E-state index contributed by atoms with van der Waals surface area (Å²) in [5.74, 6) is 2.11. The standard InChI is InChI=1S/C29H33N3/c1-6-7-18-26-30-29(31(5)27-22(3)19-21(2)20-23(27)4)28(24-14-10-8-11-15-24)32(26)25-16-12-9-13-17-25/h8-17,19-20H,6-7,18H2,1-5H3. The van der Waals surface area contributed by atoms with Gasteiger partial charge in [-0.3, -0.25) is 4.57 Å². The van der Waals surface area contributed by atoms with E-state index in [2.05, 4.69) is 117 Å². The number of hydrogen-bond acceptors (Lipinski definition) is 2. The molecule has 3 nitrogen and oxygen atoms in total. The van der Waals surface area contributed by atoms with Crippen molar-refractivity contribution in [1.82, 2.24) is 9.55 Å². The maximum absolute atomic E-state index is 5.27. The van der Waals surface area contributed by atoms with Gasteiger partial charge in [-0.25, -0.2) is 4.98 Å². The van der Waals surface area contributed by atoms with Gasteiger partial charge in [0.25, 0.3) is 0 Å². The molecule has 0 fully saturated rings. The molecule has 0 N–H and O–H groups in total. The van der Waals surface area contributed by atoms with Crippen LogP contribution in [0.4, 0.5) is 11.5 Å². The summed E-state index contributed by atoms with van der Waals surface area (Å²) in [5, 5.41) is 0. The average Bonchev–Trinajstić information content (AvgIpc) is 3.17. The van der Waals surface area contributed by atoms with E-state index in [-0.39, 0.29) is 0 Å². The van der Waals surface area contributed by atoms with Gasteiger partial charge in [-0.1, -0.05) is 79.6 Å². The first-order chi connectivity index (χ1) is 15.5. The molecule has 0 radical (unpaired) electrons. The van der Waals surface area contributed by atoms with Crippen molar-refractivity contribution in [3.8, 4) is 16.9 Å². The van der Waals surface area contributed by atoms with E-state index in [1.165, 1.54) is 27.9 Å². The zero-order valence-corrected chi connectivity index (χ0v) is 19.9. The number of aryl methyl sites for hydroxylation is 4. The van der Waals surface area contributed by atoms with Gasteiger partial charge in [-0.05, 0) is 50.5 Å². The van der Waals surface area contributed by atoms with Crippen molar-refractivity contribution in [2.45, 2.75) is 47.0 Å². The second kappa shape index (κ2) is 9.44. The maximum atomic E-state index is 5.27. The van der Waals surface area contributed by atoms with Gasteiger partial charge in [0, 0.05) is 30.4 Å². The molecule has 0 aliphatic rings. The van der Waals surface area contributed by atoms with E-state index in [0.29, 0.717) is 0 Å². The second-order valence-corrected chi connectivity index (χ2v) is 8.65. The average molecular weight is 424 g/mol. The first kappa shape index (κ1) is 21.9. The summed E-state index contributed by atoms with van der Waals surface area (Å²) in [5.41, 5.74) is 8.54. The van der Waals surface area contributed by atoms with Crippen LogP contribution >= 0.6 is 0 Å². The number of imidazole rings is 1. The third-order valence-electron chi connectivity index (χ3n) is 6.03. The van der Waals surface area contributed by atoms with Gasteiger partial charge >= 0.3 is 0 Å². The largest absolute Gasteiger partial charge is 0.327 e. The number of hydrogen-bond donors (Lipinski definition) is 0. The predicted octanol–water partition coefficient (Wildman–Crippen LogP) is 7.58. The molecule has 1 aromatic heterocycles. The predicted molar refractivity (Wildman–Crippen MR) is 136 cm³/mol. The zero-order chi connectivity index (χ0) is 22.7. The van der Waals surface area contributed by atoms with Crippen molar-refractivity contribution < 1.29 is 0 Å². The van der Waals surface area contributed by atoms with Crippen LogP contribution in [-0.2, 0) is 6.42 Å². The van der Waals surface area contributed by atoms with Gasteiger partial charge in [0.1, 0.15) is 5.82 Å². The molecule has 0 atom stereocenters. The van der Waals surface area contributed by atoms with Gasteiger partial charge in [-0.15, -0.1) is 0 Å². The number of para-hydroxylation sites is 1. The lowest BCUT2D eigenvalue weighted by Crippen LogP contribution is -2.14. The fourth-order valence-electron chi connectivity index (χ4n) is 4.71. The van der Waals surface area contributed by atoms with Crippen LogP contribution < -0.4 is 4.90 Å². The van der Waals surface area contributed by atoms with Crippen molar-refractivity contribution in [3.05, 3.63) is 95.3 Å². The van der Waals surface area contributed by atoms with Gasteiger partial charge < -0.3 is 4.90 Å². The first-order valence-corrected chi connectivity index (χ1v) is 11.5. The zero-order valence-electron chi connectivity index (χ0n) is 19.9. The third-order valence-corrected chi connectivity index (χ3v) is 6.03. The minimum Gasteiger partial charge on any atom is -0.327 e. The van der Waals surface area contributed by atoms with Crippen LogP contribution in [-0.4, -0.2) is 16.6 Å². The second-order valence-electron chi connectivity index (χ2n) is 8.65. The Labute approximate surface area is 192 Å². The molecule has 32 heavy (non-hydrogen) atoms. The summed E-state index contributed by atoms with van der Waals surface area (Å²) in [6.07, 6.45) is 3.21. The van der Waals surface area contributed by atoms with Crippen LogP contribution in [0, 0.1) is 20.8 Å². The Morgan fingerprint density at radius 2 is 1.44 bits per heavy atom. The number of unbranched alkanes of at least 4 members (excludes halogenated alkanes) is 1. The molecule has 0 saturated heterocycles. The minimum atomic E-state index is 0.949. The Morgan fingerprint density at radius 1 is 0.844 bits per heavy atom. The summed E-state index contributed by atoms with van der Waals surface area (Å²) >= 11 is 0. The maximum Gasteiger partial charge on any atom is 0.159 e.